The maximum absolute atomic E-state index is 6.01. The van der Waals surface area contributed by atoms with E-state index in [2.05, 4.69) is 30.5 Å². The quantitative estimate of drug-likeness (QED) is 0.396. The number of imidazole rings is 1. The van der Waals surface area contributed by atoms with Gasteiger partial charge in [0.05, 0.1) is 31.8 Å². The largest absolute Gasteiger partial charge is 0.492 e. The van der Waals surface area contributed by atoms with E-state index in [-0.39, 0.29) is 0 Å². The minimum absolute atomic E-state index is 0.422. The summed E-state index contributed by atoms with van der Waals surface area (Å²) in [6.45, 7) is 7.49. The van der Waals surface area contributed by atoms with E-state index in [1.54, 1.807) is 6.33 Å². The molecule has 3 aromatic rings. The Balaban J connectivity index is 1.29. The number of fused-ring (bicyclic) bond motifs is 1. The van der Waals surface area contributed by atoms with Crippen LogP contribution >= 0.6 is 0 Å². The number of ether oxygens (including phenoxy) is 3. The normalized spacial score (nSPS) is 17.4. The fourth-order valence-corrected chi connectivity index (χ4v) is 4.64. The molecule has 2 fully saturated rings. The van der Waals surface area contributed by atoms with Gasteiger partial charge in [0.2, 0.25) is 5.95 Å². The van der Waals surface area contributed by atoms with E-state index in [4.69, 9.17) is 19.2 Å². The number of morpholine rings is 1. The van der Waals surface area contributed by atoms with Crippen molar-refractivity contribution in [1.29, 1.82) is 0 Å². The molecular formula is C25H35N7O3. The van der Waals surface area contributed by atoms with Crippen molar-refractivity contribution in [1.82, 2.24) is 24.8 Å². The highest BCUT2D eigenvalue weighted by Crippen LogP contribution is 2.32. The number of nitrogens with zero attached hydrogens (tertiary/aromatic N) is 4. The molecule has 2 aliphatic rings. The van der Waals surface area contributed by atoms with Gasteiger partial charge in [0.25, 0.3) is 0 Å². The van der Waals surface area contributed by atoms with Crippen molar-refractivity contribution in [2.45, 2.75) is 45.1 Å². The second-order valence-electron chi connectivity index (χ2n) is 8.99. The summed E-state index contributed by atoms with van der Waals surface area (Å²) in [4.78, 5) is 19.3. The molecule has 10 nitrogen and oxygen atoms in total. The zero-order valence-electron chi connectivity index (χ0n) is 20.4. The lowest BCUT2D eigenvalue weighted by Crippen LogP contribution is -2.38. The predicted octanol–water partition coefficient (Wildman–Crippen LogP) is 3.95. The van der Waals surface area contributed by atoms with Gasteiger partial charge in [-0.3, -0.25) is 4.90 Å². The van der Waals surface area contributed by atoms with Crippen molar-refractivity contribution in [3.05, 3.63) is 24.5 Å². The van der Waals surface area contributed by atoms with Gasteiger partial charge < -0.3 is 29.8 Å². The van der Waals surface area contributed by atoms with Crippen LogP contribution in [0.15, 0.2) is 24.5 Å². The highest BCUT2D eigenvalue weighted by atomic mass is 16.5. The Hall–Kier alpha value is -3.11. The molecule has 1 saturated heterocycles. The molecule has 3 heterocycles. The van der Waals surface area contributed by atoms with Crippen molar-refractivity contribution in [3.8, 4) is 11.5 Å². The minimum Gasteiger partial charge on any atom is -0.492 e. The molecule has 1 aliphatic heterocycles. The van der Waals surface area contributed by atoms with Crippen LogP contribution in [0.4, 0.5) is 17.5 Å². The van der Waals surface area contributed by atoms with Crippen LogP contribution < -0.4 is 20.1 Å². The standard InChI is InChI=1S/C25H35N7O3/c1-2-34-21-16-19(35-15-12-32-10-13-33-14-11-32)8-9-20(21)29-25-30-23-22(26-17-27-23)24(31-25)28-18-6-4-3-5-7-18/h8-9,16-18H,2-7,10-15H2,1H3,(H3,26,27,28,29,30,31). The number of aromatic amines is 1. The van der Waals surface area contributed by atoms with Crippen LogP contribution in [-0.4, -0.2) is 76.9 Å². The first-order valence-electron chi connectivity index (χ1n) is 12.7. The van der Waals surface area contributed by atoms with Crippen molar-refractivity contribution in [3.63, 3.8) is 0 Å². The van der Waals surface area contributed by atoms with E-state index < -0.39 is 0 Å². The third-order valence-corrected chi connectivity index (χ3v) is 6.51. The first-order chi connectivity index (χ1) is 17.3. The maximum Gasteiger partial charge on any atom is 0.231 e. The Kier molecular flexibility index (Phi) is 7.79. The molecule has 1 saturated carbocycles. The molecule has 1 aliphatic carbocycles. The summed E-state index contributed by atoms with van der Waals surface area (Å²) in [5, 5.41) is 6.94. The van der Waals surface area contributed by atoms with E-state index in [0.29, 0.717) is 36.6 Å². The Bertz CT molecular complexity index is 1090. The molecule has 5 rings (SSSR count). The highest BCUT2D eigenvalue weighted by Gasteiger charge is 2.18. The van der Waals surface area contributed by atoms with Gasteiger partial charge in [-0.05, 0) is 31.9 Å². The molecule has 0 unspecified atom stereocenters. The number of aromatic nitrogens is 4. The summed E-state index contributed by atoms with van der Waals surface area (Å²) in [5.41, 5.74) is 2.24. The first kappa shape index (κ1) is 23.6. The SMILES string of the molecule is CCOc1cc(OCCN2CCOCC2)ccc1Nc1nc(NC2CCCCC2)c2[nH]cnc2n1. The summed E-state index contributed by atoms with van der Waals surface area (Å²) >= 11 is 0. The molecule has 10 heteroatoms. The second kappa shape index (κ2) is 11.5. The average Bonchev–Trinajstić information content (AvgIpc) is 3.36. The number of H-pyrrole nitrogens is 1. The van der Waals surface area contributed by atoms with E-state index in [1.807, 2.05) is 25.1 Å². The Morgan fingerprint density at radius 1 is 1.11 bits per heavy atom. The molecule has 188 valence electrons. The number of hydrogen-bond acceptors (Lipinski definition) is 9. The molecule has 1 aromatic carbocycles. The number of rotatable bonds is 10. The smallest absolute Gasteiger partial charge is 0.231 e. The molecule has 0 spiro atoms. The number of anilines is 3. The van der Waals surface area contributed by atoms with Crippen molar-refractivity contribution in [2.24, 2.45) is 0 Å². The van der Waals surface area contributed by atoms with Gasteiger partial charge in [0.1, 0.15) is 23.6 Å². The number of hydrogen-bond donors (Lipinski definition) is 3. The summed E-state index contributed by atoms with van der Waals surface area (Å²) in [5.74, 6) is 2.73. The average molecular weight is 482 g/mol. The number of benzene rings is 1. The van der Waals surface area contributed by atoms with E-state index in [1.165, 1.54) is 19.3 Å². The summed E-state index contributed by atoms with van der Waals surface area (Å²) in [7, 11) is 0. The third kappa shape index (κ3) is 6.12. The zero-order chi connectivity index (χ0) is 23.9. The topological polar surface area (TPSA) is 109 Å². The lowest BCUT2D eigenvalue weighted by atomic mass is 9.95. The lowest BCUT2D eigenvalue weighted by Gasteiger charge is -2.26. The minimum atomic E-state index is 0.422. The summed E-state index contributed by atoms with van der Waals surface area (Å²) < 4.78 is 17.3. The van der Waals surface area contributed by atoms with Gasteiger partial charge in [0, 0.05) is 31.7 Å². The summed E-state index contributed by atoms with van der Waals surface area (Å²) in [6, 6.07) is 6.23. The van der Waals surface area contributed by atoms with E-state index >= 15 is 0 Å². The molecule has 0 radical (unpaired) electrons. The van der Waals surface area contributed by atoms with Crippen LogP contribution in [0.1, 0.15) is 39.0 Å². The van der Waals surface area contributed by atoms with Crippen LogP contribution in [0.2, 0.25) is 0 Å². The van der Waals surface area contributed by atoms with Gasteiger partial charge in [-0.2, -0.15) is 9.97 Å². The van der Waals surface area contributed by atoms with Crippen LogP contribution in [0.5, 0.6) is 11.5 Å². The molecule has 0 atom stereocenters. The molecule has 35 heavy (non-hydrogen) atoms. The van der Waals surface area contributed by atoms with Gasteiger partial charge in [-0.25, -0.2) is 4.98 Å². The van der Waals surface area contributed by atoms with Gasteiger partial charge in [-0.1, -0.05) is 19.3 Å². The third-order valence-electron chi connectivity index (χ3n) is 6.51. The van der Waals surface area contributed by atoms with Crippen LogP contribution in [-0.2, 0) is 4.74 Å². The van der Waals surface area contributed by atoms with Crippen LogP contribution in [0.3, 0.4) is 0 Å². The van der Waals surface area contributed by atoms with Gasteiger partial charge in [-0.15, -0.1) is 0 Å². The predicted molar refractivity (Wildman–Crippen MR) is 136 cm³/mol. The first-order valence-corrected chi connectivity index (χ1v) is 12.7. The Morgan fingerprint density at radius 3 is 2.80 bits per heavy atom. The van der Waals surface area contributed by atoms with Crippen LogP contribution in [0, 0.1) is 0 Å². The maximum atomic E-state index is 6.01. The summed E-state index contributed by atoms with van der Waals surface area (Å²) in [6.07, 6.45) is 7.77. The fourth-order valence-electron chi connectivity index (χ4n) is 4.64. The van der Waals surface area contributed by atoms with E-state index in [9.17, 15) is 0 Å². The highest BCUT2D eigenvalue weighted by molar-refractivity contribution is 5.84. The monoisotopic (exact) mass is 481 g/mol. The Labute approximate surface area is 205 Å². The molecule has 0 amide bonds. The van der Waals surface area contributed by atoms with Crippen molar-refractivity contribution < 1.29 is 14.2 Å². The molecule has 2 aromatic heterocycles. The molecule has 0 bridgehead atoms. The van der Waals surface area contributed by atoms with Crippen molar-refractivity contribution in [2.75, 3.05) is 56.7 Å². The Morgan fingerprint density at radius 2 is 1.97 bits per heavy atom. The lowest BCUT2D eigenvalue weighted by molar-refractivity contribution is 0.0322. The van der Waals surface area contributed by atoms with Crippen molar-refractivity contribution >= 4 is 28.6 Å². The number of nitrogens with one attached hydrogen (secondary N) is 3. The van der Waals surface area contributed by atoms with Gasteiger partial charge >= 0.3 is 0 Å². The van der Waals surface area contributed by atoms with E-state index in [0.717, 1.165) is 68.5 Å². The molecule has 3 N–H and O–H groups in total. The zero-order valence-corrected chi connectivity index (χ0v) is 20.4. The fraction of sp³-hybridized carbons (Fsp3) is 0.560. The molecular weight excluding hydrogens is 446 g/mol. The van der Waals surface area contributed by atoms with Gasteiger partial charge in [0.15, 0.2) is 11.5 Å². The second-order valence-corrected chi connectivity index (χ2v) is 8.99. The van der Waals surface area contributed by atoms with Crippen LogP contribution in [0.25, 0.3) is 11.2 Å².